The van der Waals surface area contributed by atoms with Crippen LogP contribution in [0.25, 0.3) is 0 Å². The lowest BCUT2D eigenvalue weighted by Crippen LogP contribution is -2.40. The third-order valence-electron chi connectivity index (χ3n) is 4.93. The first-order chi connectivity index (χ1) is 11.8. The van der Waals surface area contributed by atoms with Gasteiger partial charge in [0, 0.05) is 38.4 Å². The zero-order chi connectivity index (χ0) is 16.6. The Labute approximate surface area is 144 Å². The second kappa shape index (κ2) is 8.67. The number of hydrogen-bond donors (Lipinski definition) is 0. The van der Waals surface area contributed by atoms with Crippen LogP contribution in [0.2, 0.25) is 0 Å². The first kappa shape index (κ1) is 16.7. The van der Waals surface area contributed by atoms with Crippen molar-refractivity contribution in [2.45, 2.75) is 45.1 Å². The fourth-order valence-electron chi connectivity index (χ4n) is 3.56. The van der Waals surface area contributed by atoms with Crippen molar-refractivity contribution in [3.05, 3.63) is 54.6 Å². The van der Waals surface area contributed by atoms with Gasteiger partial charge in [-0.1, -0.05) is 30.3 Å². The summed E-state index contributed by atoms with van der Waals surface area (Å²) in [5, 5.41) is 0. The van der Waals surface area contributed by atoms with Crippen LogP contribution in [0.3, 0.4) is 0 Å². The Morgan fingerprint density at radius 2 is 2.12 bits per heavy atom. The van der Waals surface area contributed by atoms with E-state index in [1.54, 1.807) is 0 Å². The third kappa shape index (κ3) is 4.95. The van der Waals surface area contributed by atoms with Gasteiger partial charge in [0.1, 0.15) is 0 Å². The van der Waals surface area contributed by atoms with Crippen molar-refractivity contribution >= 4 is 5.91 Å². The first-order valence-electron chi connectivity index (χ1n) is 9.09. The summed E-state index contributed by atoms with van der Waals surface area (Å²) in [6.07, 6.45) is 12.0. The second-order valence-corrected chi connectivity index (χ2v) is 6.78. The number of carbonyl (C=O) groups is 1. The molecule has 0 bridgehead atoms. The van der Waals surface area contributed by atoms with Crippen LogP contribution in [0.15, 0.2) is 49.1 Å². The molecule has 0 radical (unpaired) electrons. The van der Waals surface area contributed by atoms with E-state index < -0.39 is 0 Å². The van der Waals surface area contributed by atoms with E-state index in [1.807, 2.05) is 36.9 Å². The van der Waals surface area contributed by atoms with Gasteiger partial charge in [0.2, 0.25) is 5.91 Å². The van der Waals surface area contributed by atoms with Crippen LogP contribution < -0.4 is 0 Å². The zero-order valence-electron chi connectivity index (χ0n) is 14.3. The maximum atomic E-state index is 12.5. The van der Waals surface area contributed by atoms with E-state index in [1.165, 1.54) is 18.4 Å². The Bertz CT molecular complexity index is 609. The number of rotatable bonds is 7. The number of aryl methyl sites for hydroxylation is 2. The third-order valence-corrected chi connectivity index (χ3v) is 4.93. The van der Waals surface area contributed by atoms with Gasteiger partial charge in [-0.15, -0.1) is 0 Å². The molecule has 1 atom stereocenters. The molecule has 1 aromatic heterocycles. The predicted octanol–water partition coefficient (Wildman–Crippen LogP) is 3.53. The number of nitrogens with zero attached hydrogens (tertiary/aromatic N) is 3. The molecule has 0 N–H and O–H groups in total. The molecule has 128 valence electrons. The van der Waals surface area contributed by atoms with E-state index in [2.05, 4.69) is 26.6 Å². The fourth-order valence-corrected chi connectivity index (χ4v) is 3.56. The zero-order valence-corrected chi connectivity index (χ0v) is 14.3. The molecule has 1 amide bonds. The molecule has 3 rings (SSSR count). The summed E-state index contributed by atoms with van der Waals surface area (Å²) in [6, 6.07) is 10.3. The van der Waals surface area contributed by atoms with E-state index in [-0.39, 0.29) is 0 Å². The fraction of sp³-hybridized carbons (Fsp3) is 0.500. The Morgan fingerprint density at radius 3 is 2.92 bits per heavy atom. The number of hydrogen-bond acceptors (Lipinski definition) is 2. The molecule has 24 heavy (non-hydrogen) atoms. The summed E-state index contributed by atoms with van der Waals surface area (Å²) in [7, 11) is 0. The van der Waals surface area contributed by atoms with E-state index in [0.29, 0.717) is 18.2 Å². The highest BCUT2D eigenvalue weighted by atomic mass is 16.2. The molecule has 4 nitrogen and oxygen atoms in total. The maximum absolute atomic E-state index is 12.5. The highest BCUT2D eigenvalue weighted by molar-refractivity contribution is 5.76. The van der Waals surface area contributed by atoms with Gasteiger partial charge < -0.3 is 9.47 Å². The number of carbonyl (C=O) groups excluding carboxylic acids is 1. The van der Waals surface area contributed by atoms with Crippen molar-refractivity contribution in [3.8, 4) is 0 Å². The average molecular weight is 325 g/mol. The summed E-state index contributed by atoms with van der Waals surface area (Å²) in [6.45, 7) is 2.90. The van der Waals surface area contributed by atoms with Crippen molar-refractivity contribution in [2.75, 3.05) is 13.1 Å². The summed E-state index contributed by atoms with van der Waals surface area (Å²) >= 11 is 0. The topological polar surface area (TPSA) is 38.1 Å². The Morgan fingerprint density at radius 1 is 1.25 bits per heavy atom. The molecule has 2 heterocycles. The van der Waals surface area contributed by atoms with E-state index in [0.717, 1.165) is 38.9 Å². The van der Waals surface area contributed by atoms with Gasteiger partial charge in [0.15, 0.2) is 0 Å². The molecule has 1 aliphatic heterocycles. The van der Waals surface area contributed by atoms with Crippen molar-refractivity contribution in [1.82, 2.24) is 14.5 Å². The number of aromatic nitrogens is 2. The average Bonchev–Trinajstić information content (AvgIpc) is 3.14. The van der Waals surface area contributed by atoms with Crippen molar-refractivity contribution in [1.29, 1.82) is 0 Å². The van der Waals surface area contributed by atoms with Gasteiger partial charge in [-0.2, -0.15) is 0 Å². The highest BCUT2D eigenvalue weighted by Gasteiger charge is 2.23. The molecule has 0 aliphatic carbocycles. The molecule has 1 saturated heterocycles. The van der Waals surface area contributed by atoms with Crippen LogP contribution in [0.4, 0.5) is 0 Å². The van der Waals surface area contributed by atoms with Gasteiger partial charge >= 0.3 is 0 Å². The molecule has 4 heteroatoms. The van der Waals surface area contributed by atoms with Gasteiger partial charge in [-0.05, 0) is 43.6 Å². The molecule has 0 spiro atoms. The van der Waals surface area contributed by atoms with E-state index >= 15 is 0 Å². The van der Waals surface area contributed by atoms with Crippen LogP contribution in [0.5, 0.6) is 0 Å². The van der Waals surface area contributed by atoms with E-state index in [4.69, 9.17) is 0 Å². The van der Waals surface area contributed by atoms with Gasteiger partial charge in [-0.25, -0.2) is 4.98 Å². The monoisotopic (exact) mass is 325 g/mol. The Kier molecular flexibility index (Phi) is 6.05. The lowest BCUT2D eigenvalue weighted by molar-refractivity contribution is -0.133. The summed E-state index contributed by atoms with van der Waals surface area (Å²) in [4.78, 5) is 18.7. The molecular formula is C20H27N3O. The largest absolute Gasteiger partial charge is 0.342 e. The predicted molar refractivity (Wildman–Crippen MR) is 95.5 cm³/mol. The number of benzene rings is 1. The number of likely N-dealkylation sites (tertiary alicyclic amines) is 1. The molecule has 2 aromatic rings. The van der Waals surface area contributed by atoms with Crippen LogP contribution in [-0.4, -0.2) is 33.4 Å². The normalized spacial score (nSPS) is 17.8. The molecule has 1 aromatic carbocycles. The van der Waals surface area contributed by atoms with Crippen LogP contribution >= 0.6 is 0 Å². The van der Waals surface area contributed by atoms with Gasteiger partial charge in [0.05, 0.1) is 6.33 Å². The number of amides is 1. The number of piperidine rings is 1. The minimum atomic E-state index is 0.318. The molecule has 0 saturated carbocycles. The van der Waals surface area contributed by atoms with Crippen LogP contribution in [0.1, 0.15) is 37.7 Å². The maximum Gasteiger partial charge on any atom is 0.222 e. The SMILES string of the molecule is O=C(CCc1ccccc1)N1CCCC(CCCn2ccnc2)C1. The Hall–Kier alpha value is -2.10. The second-order valence-electron chi connectivity index (χ2n) is 6.78. The molecule has 1 unspecified atom stereocenters. The highest BCUT2D eigenvalue weighted by Crippen LogP contribution is 2.22. The minimum Gasteiger partial charge on any atom is -0.342 e. The molecule has 1 fully saturated rings. The lowest BCUT2D eigenvalue weighted by atomic mass is 9.93. The quantitative estimate of drug-likeness (QED) is 0.781. The van der Waals surface area contributed by atoms with E-state index in [9.17, 15) is 4.79 Å². The van der Waals surface area contributed by atoms with Crippen molar-refractivity contribution in [2.24, 2.45) is 5.92 Å². The number of imidazole rings is 1. The smallest absolute Gasteiger partial charge is 0.222 e. The summed E-state index contributed by atoms with van der Waals surface area (Å²) < 4.78 is 2.13. The van der Waals surface area contributed by atoms with Gasteiger partial charge in [-0.3, -0.25) is 4.79 Å². The minimum absolute atomic E-state index is 0.318. The van der Waals surface area contributed by atoms with Crippen LogP contribution in [0, 0.1) is 5.92 Å². The van der Waals surface area contributed by atoms with Crippen molar-refractivity contribution < 1.29 is 4.79 Å². The summed E-state index contributed by atoms with van der Waals surface area (Å²) in [5.41, 5.74) is 1.25. The molecule has 1 aliphatic rings. The lowest BCUT2D eigenvalue weighted by Gasteiger charge is -2.33. The Balaban J connectivity index is 1.40. The summed E-state index contributed by atoms with van der Waals surface area (Å²) in [5.74, 6) is 0.973. The van der Waals surface area contributed by atoms with Crippen LogP contribution in [-0.2, 0) is 17.8 Å². The van der Waals surface area contributed by atoms with Crippen molar-refractivity contribution in [3.63, 3.8) is 0 Å². The first-order valence-corrected chi connectivity index (χ1v) is 9.09. The molecular weight excluding hydrogens is 298 g/mol. The van der Waals surface area contributed by atoms with Gasteiger partial charge in [0.25, 0.3) is 0 Å². The standard InChI is InChI=1S/C20H27N3O/c24-20(11-10-18-6-2-1-3-7-18)23-14-5-9-19(16-23)8-4-13-22-15-12-21-17-22/h1-3,6-7,12,15,17,19H,4-5,8-11,13-14,16H2.